The molecule has 0 unspecified atom stereocenters. The molecular formula is C12H19N3O. The van der Waals surface area contributed by atoms with Gasteiger partial charge in [0, 0.05) is 31.9 Å². The predicted molar refractivity (Wildman–Crippen MR) is 61.8 cm³/mol. The largest absolute Gasteiger partial charge is 0.354 e. The monoisotopic (exact) mass is 221 g/mol. The number of rotatable bonds is 5. The lowest BCUT2D eigenvalue weighted by Gasteiger charge is -2.09. The summed E-state index contributed by atoms with van der Waals surface area (Å²) in [5.74, 6) is 0.834. The summed E-state index contributed by atoms with van der Waals surface area (Å²) in [5.41, 5.74) is 0. The molecule has 0 aromatic carbocycles. The summed E-state index contributed by atoms with van der Waals surface area (Å²) in [6.07, 6.45) is 11.2. The maximum absolute atomic E-state index is 11.6. The number of nitrogens with zero attached hydrogens (tertiary/aromatic N) is 2. The highest BCUT2D eigenvalue weighted by Crippen LogP contribution is 2.27. The summed E-state index contributed by atoms with van der Waals surface area (Å²) in [5, 5.41) is 2.96. The second-order valence-electron chi connectivity index (χ2n) is 4.51. The summed E-state index contributed by atoms with van der Waals surface area (Å²) in [7, 11) is 0. The van der Waals surface area contributed by atoms with E-state index in [0.29, 0.717) is 18.9 Å². The lowest BCUT2D eigenvalue weighted by atomic mass is 10.0. The van der Waals surface area contributed by atoms with Gasteiger partial charge in [-0.25, -0.2) is 4.98 Å². The topological polar surface area (TPSA) is 46.9 Å². The van der Waals surface area contributed by atoms with Crippen LogP contribution in [0.15, 0.2) is 18.7 Å². The van der Waals surface area contributed by atoms with Crippen molar-refractivity contribution in [2.24, 2.45) is 5.92 Å². The Labute approximate surface area is 96.1 Å². The number of amides is 1. The second-order valence-corrected chi connectivity index (χ2v) is 4.51. The van der Waals surface area contributed by atoms with E-state index in [9.17, 15) is 4.79 Å². The first kappa shape index (κ1) is 11.2. The minimum absolute atomic E-state index is 0.201. The van der Waals surface area contributed by atoms with Crippen LogP contribution in [0.4, 0.5) is 0 Å². The SMILES string of the molecule is O=C(CC1CCCC1)NCCn1ccnc1. The van der Waals surface area contributed by atoms with Crippen molar-refractivity contribution >= 4 is 5.91 Å². The van der Waals surface area contributed by atoms with E-state index in [1.54, 1.807) is 12.5 Å². The fraction of sp³-hybridized carbons (Fsp3) is 0.667. The van der Waals surface area contributed by atoms with Crippen molar-refractivity contribution in [3.05, 3.63) is 18.7 Å². The normalized spacial score (nSPS) is 16.5. The molecule has 1 amide bonds. The lowest BCUT2D eigenvalue weighted by Crippen LogP contribution is -2.28. The Morgan fingerprint density at radius 3 is 2.94 bits per heavy atom. The van der Waals surface area contributed by atoms with Crippen LogP contribution in [0.3, 0.4) is 0 Å². The highest BCUT2D eigenvalue weighted by atomic mass is 16.1. The summed E-state index contributed by atoms with van der Waals surface area (Å²) in [6, 6.07) is 0. The highest BCUT2D eigenvalue weighted by molar-refractivity contribution is 5.76. The molecule has 1 aliphatic carbocycles. The molecule has 1 N–H and O–H groups in total. The molecule has 1 fully saturated rings. The molecule has 4 heteroatoms. The highest BCUT2D eigenvalue weighted by Gasteiger charge is 2.17. The summed E-state index contributed by atoms with van der Waals surface area (Å²) < 4.78 is 1.97. The maximum Gasteiger partial charge on any atom is 0.220 e. The minimum Gasteiger partial charge on any atom is -0.354 e. The van der Waals surface area contributed by atoms with E-state index in [1.807, 2.05) is 10.8 Å². The van der Waals surface area contributed by atoms with Crippen LogP contribution in [-0.4, -0.2) is 22.0 Å². The molecule has 0 bridgehead atoms. The molecule has 4 nitrogen and oxygen atoms in total. The van der Waals surface area contributed by atoms with Gasteiger partial charge in [0.25, 0.3) is 0 Å². The Morgan fingerprint density at radius 2 is 2.25 bits per heavy atom. The number of carbonyl (C=O) groups is 1. The van der Waals surface area contributed by atoms with Crippen LogP contribution in [0, 0.1) is 5.92 Å². The maximum atomic E-state index is 11.6. The summed E-state index contributed by atoms with van der Waals surface area (Å²) in [6.45, 7) is 1.50. The van der Waals surface area contributed by atoms with E-state index in [4.69, 9.17) is 0 Å². The van der Waals surface area contributed by atoms with E-state index in [1.165, 1.54) is 25.7 Å². The molecule has 0 atom stereocenters. The fourth-order valence-electron chi connectivity index (χ4n) is 2.29. The molecule has 88 valence electrons. The number of carbonyl (C=O) groups excluding carboxylic acids is 1. The molecule has 1 saturated carbocycles. The van der Waals surface area contributed by atoms with Crippen molar-refractivity contribution in [3.63, 3.8) is 0 Å². The second kappa shape index (κ2) is 5.68. The van der Waals surface area contributed by atoms with Crippen molar-refractivity contribution in [1.82, 2.24) is 14.9 Å². The zero-order valence-electron chi connectivity index (χ0n) is 9.56. The molecule has 2 rings (SSSR count). The van der Waals surface area contributed by atoms with Crippen LogP contribution < -0.4 is 5.32 Å². The molecule has 0 radical (unpaired) electrons. The minimum atomic E-state index is 0.201. The van der Waals surface area contributed by atoms with Gasteiger partial charge in [0.05, 0.1) is 6.33 Å². The summed E-state index contributed by atoms with van der Waals surface area (Å²) in [4.78, 5) is 15.5. The average Bonchev–Trinajstić information content (AvgIpc) is 2.90. The number of imidazole rings is 1. The van der Waals surface area contributed by atoms with Crippen LogP contribution in [-0.2, 0) is 11.3 Å². The zero-order valence-corrected chi connectivity index (χ0v) is 9.56. The van der Waals surface area contributed by atoms with Gasteiger partial charge < -0.3 is 9.88 Å². The molecule has 0 saturated heterocycles. The van der Waals surface area contributed by atoms with Crippen LogP contribution in [0.25, 0.3) is 0 Å². The van der Waals surface area contributed by atoms with Gasteiger partial charge in [-0.2, -0.15) is 0 Å². The number of nitrogens with one attached hydrogen (secondary N) is 1. The summed E-state index contributed by atoms with van der Waals surface area (Å²) >= 11 is 0. The Bertz CT molecular complexity index is 315. The third-order valence-electron chi connectivity index (χ3n) is 3.20. The fourth-order valence-corrected chi connectivity index (χ4v) is 2.29. The molecule has 1 aromatic rings. The molecular weight excluding hydrogens is 202 g/mol. The first-order chi connectivity index (χ1) is 7.84. The van der Waals surface area contributed by atoms with Crippen LogP contribution in [0.5, 0.6) is 0 Å². The quantitative estimate of drug-likeness (QED) is 0.820. The van der Waals surface area contributed by atoms with Gasteiger partial charge in [-0.05, 0) is 18.8 Å². The van der Waals surface area contributed by atoms with Gasteiger partial charge in [-0.15, -0.1) is 0 Å². The molecule has 1 aromatic heterocycles. The van der Waals surface area contributed by atoms with Crippen molar-refractivity contribution < 1.29 is 4.79 Å². The third-order valence-corrected chi connectivity index (χ3v) is 3.20. The van der Waals surface area contributed by atoms with Gasteiger partial charge in [-0.1, -0.05) is 12.8 Å². The van der Waals surface area contributed by atoms with E-state index in [-0.39, 0.29) is 5.91 Å². The zero-order chi connectivity index (χ0) is 11.2. The number of aromatic nitrogens is 2. The van der Waals surface area contributed by atoms with E-state index >= 15 is 0 Å². The Hall–Kier alpha value is -1.32. The molecule has 1 aliphatic rings. The predicted octanol–water partition coefficient (Wildman–Crippen LogP) is 1.58. The first-order valence-electron chi connectivity index (χ1n) is 6.07. The van der Waals surface area contributed by atoms with Crippen molar-refractivity contribution in [2.45, 2.75) is 38.6 Å². The average molecular weight is 221 g/mol. The standard InChI is InChI=1S/C12H19N3O/c16-12(9-11-3-1-2-4-11)14-6-8-15-7-5-13-10-15/h5,7,10-11H,1-4,6,8-9H2,(H,14,16). The van der Waals surface area contributed by atoms with Gasteiger partial charge >= 0.3 is 0 Å². The van der Waals surface area contributed by atoms with Gasteiger partial charge in [0.15, 0.2) is 0 Å². The van der Waals surface area contributed by atoms with E-state index in [2.05, 4.69) is 10.3 Å². The van der Waals surface area contributed by atoms with Crippen molar-refractivity contribution in [2.75, 3.05) is 6.54 Å². The number of hydrogen-bond donors (Lipinski definition) is 1. The van der Waals surface area contributed by atoms with E-state index < -0.39 is 0 Å². The molecule has 0 spiro atoms. The van der Waals surface area contributed by atoms with Crippen LogP contribution >= 0.6 is 0 Å². The molecule has 1 heterocycles. The smallest absolute Gasteiger partial charge is 0.220 e. The Morgan fingerprint density at radius 1 is 1.44 bits per heavy atom. The first-order valence-corrected chi connectivity index (χ1v) is 6.07. The van der Waals surface area contributed by atoms with Crippen LogP contribution in [0.1, 0.15) is 32.1 Å². The third kappa shape index (κ3) is 3.36. The van der Waals surface area contributed by atoms with Gasteiger partial charge in [0.2, 0.25) is 5.91 Å². The lowest BCUT2D eigenvalue weighted by molar-refractivity contribution is -0.122. The molecule has 0 aliphatic heterocycles. The number of hydrogen-bond acceptors (Lipinski definition) is 2. The Balaban J connectivity index is 1.60. The Kier molecular flexibility index (Phi) is 3.97. The van der Waals surface area contributed by atoms with Crippen LogP contribution in [0.2, 0.25) is 0 Å². The molecule has 16 heavy (non-hydrogen) atoms. The van der Waals surface area contributed by atoms with Crippen molar-refractivity contribution in [1.29, 1.82) is 0 Å². The van der Waals surface area contributed by atoms with Gasteiger partial charge in [0.1, 0.15) is 0 Å². The van der Waals surface area contributed by atoms with Crippen molar-refractivity contribution in [3.8, 4) is 0 Å². The van der Waals surface area contributed by atoms with E-state index in [0.717, 1.165) is 6.54 Å². The van der Waals surface area contributed by atoms with Gasteiger partial charge in [-0.3, -0.25) is 4.79 Å².